The second-order valence-electron chi connectivity index (χ2n) is 12.0. The molecule has 4 aromatic rings. The fourth-order valence-electron chi connectivity index (χ4n) is 5.46. The molecule has 1 N–H and O–H groups in total. The fraction of sp³-hybridized carbons (Fsp3) is 0.400. The summed E-state index contributed by atoms with van der Waals surface area (Å²) >= 11 is 0. The van der Waals surface area contributed by atoms with Gasteiger partial charge in [0.2, 0.25) is 0 Å². The largest absolute Gasteiger partial charge is 0.493 e. The van der Waals surface area contributed by atoms with Gasteiger partial charge in [0.1, 0.15) is 24.2 Å². The van der Waals surface area contributed by atoms with Gasteiger partial charge in [0.25, 0.3) is 5.91 Å². The standard InChI is InChI=1S/C35H40N2O7/c1-6-41-31(32(39)37-24(21-43-34(37)40)20-23-12-8-7-9-13-23)30(38)27-16-17-29(26-15-11-10-14-25(26)27)42-19-18-28-22(2)44-33(36-28)35(3,4)5/h7-17,24,30-31,38H,6,18-21H2,1-5H3/t24-,30+,31-/m0/s1. The molecular weight excluding hydrogens is 560 g/mol. The van der Waals surface area contributed by atoms with Crippen molar-refractivity contribution in [1.82, 2.24) is 9.88 Å². The van der Waals surface area contributed by atoms with Crippen molar-refractivity contribution in [1.29, 1.82) is 0 Å². The molecule has 2 heterocycles. The molecule has 44 heavy (non-hydrogen) atoms. The van der Waals surface area contributed by atoms with Crippen LogP contribution < -0.4 is 4.74 Å². The molecule has 232 valence electrons. The lowest BCUT2D eigenvalue weighted by Crippen LogP contribution is -2.48. The van der Waals surface area contributed by atoms with E-state index in [9.17, 15) is 14.7 Å². The van der Waals surface area contributed by atoms with Gasteiger partial charge in [-0.25, -0.2) is 14.7 Å². The number of aryl methyl sites for hydroxylation is 1. The number of aliphatic hydroxyl groups excluding tert-OH is 1. The quantitative estimate of drug-likeness (QED) is 0.220. The third-order valence-corrected chi connectivity index (χ3v) is 7.76. The molecule has 1 fully saturated rings. The summed E-state index contributed by atoms with van der Waals surface area (Å²) in [5.41, 5.74) is 2.14. The van der Waals surface area contributed by atoms with Gasteiger partial charge in [0.05, 0.1) is 18.3 Å². The number of rotatable bonds is 11. The molecule has 5 rings (SSSR count). The number of aromatic nitrogens is 1. The minimum atomic E-state index is -1.35. The summed E-state index contributed by atoms with van der Waals surface area (Å²) in [6.07, 6.45) is -2.39. The molecule has 2 amide bonds. The Morgan fingerprint density at radius 1 is 1.07 bits per heavy atom. The Labute approximate surface area is 257 Å². The van der Waals surface area contributed by atoms with Crippen molar-refractivity contribution in [2.45, 2.75) is 71.1 Å². The first kappa shape index (κ1) is 31.2. The molecule has 1 aliphatic rings. The van der Waals surface area contributed by atoms with Gasteiger partial charge in [0.15, 0.2) is 12.0 Å². The van der Waals surface area contributed by atoms with Crippen LogP contribution in [0.4, 0.5) is 4.79 Å². The number of hydrogen-bond acceptors (Lipinski definition) is 8. The zero-order valence-corrected chi connectivity index (χ0v) is 25.9. The third-order valence-electron chi connectivity index (χ3n) is 7.76. The molecular formula is C35H40N2O7. The van der Waals surface area contributed by atoms with Crippen molar-refractivity contribution in [3.8, 4) is 5.75 Å². The van der Waals surface area contributed by atoms with E-state index < -0.39 is 30.3 Å². The zero-order chi connectivity index (χ0) is 31.4. The molecule has 0 radical (unpaired) electrons. The number of ether oxygens (including phenoxy) is 3. The van der Waals surface area contributed by atoms with Crippen LogP contribution in [0.1, 0.15) is 62.3 Å². The Bertz CT molecular complexity index is 1610. The van der Waals surface area contributed by atoms with Crippen LogP contribution in [0.3, 0.4) is 0 Å². The van der Waals surface area contributed by atoms with Crippen LogP contribution in [0, 0.1) is 6.92 Å². The fourth-order valence-corrected chi connectivity index (χ4v) is 5.46. The lowest BCUT2D eigenvalue weighted by Gasteiger charge is -2.28. The number of carbonyl (C=O) groups excluding carboxylic acids is 2. The van der Waals surface area contributed by atoms with Gasteiger partial charge in [-0.3, -0.25) is 4.79 Å². The average Bonchev–Trinajstić information content (AvgIpc) is 3.57. The Kier molecular flexibility index (Phi) is 9.36. The van der Waals surface area contributed by atoms with Gasteiger partial charge in [0, 0.05) is 23.8 Å². The van der Waals surface area contributed by atoms with Crippen LogP contribution in [0.5, 0.6) is 5.75 Å². The molecule has 0 aliphatic carbocycles. The maximum Gasteiger partial charge on any atom is 0.417 e. The van der Waals surface area contributed by atoms with E-state index in [1.54, 1.807) is 19.1 Å². The number of cyclic esters (lactones) is 1. The highest BCUT2D eigenvalue weighted by atomic mass is 16.6. The topological polar surface area (TPSA) is 111 Å². The minimum Gasteiger partial charge on any atom is -0.493 e. The van der Waals surface area contributed by atoms with Gasteiger partial charge < -0.3 is 23.7 Å². The Morgan fingerprint density at radius 3 is 2.45 bits per heavy atom. The second-order valence-corrected chi connectivity index (χ2v) is 12.0. The van der Waals surface area contributed by atoms with Crippen molar-refractivity contribution in [3.05, 3.63) is 95.2 Å². The predicted octanol–water partition coefficient (Wildman–Crippen LogP) is 6.08. The van der Waals surface area contributed by atoms with Crippen molar-refractivity contribution < 1.29 is 33.3 Å². The number of fused-ring (bicyclic) bond motifs is 1. The van der Waals surface area contributed by atoms with Gasteiger partial charge in [-0.15, -0.1) is 0 Å². The summed E-state index contributed by atoms with van der Waals surface area (Å²) in [5.74, 6) is 1.48. The summed E-state index contributed by atoms with van der Waals surface area (Å²) in [6, 6.07) is 20.1. The van der Waals surface area contributed by atoms with Crippen LogP contribution in [0.15, 0.2) is 71.1 Å². The molecule has 0 saturated carbocycles. The van der Waals surface area contributed by atoms with Gasteiger partial charge in [-0.2, -0.15) is 0 Å². The molecule has 0 bridgehead atoms. The Morgan fingerprint density at radius 2 is 1.77 bits per heavy atom. The van der Waals surface area contributed by atoms with Crippen LogP contribution in [-0.4, -0.2) is 59.0 Å². The van der Waals surface area contributed by atoms with E-state index in [0.717, 1.165) is 27.3 Å². The first-order chi connectivity index (χ1) is 21.1. The highest BCUT2D eigenvalue weighted by Gasteiger charge is 2.44. The molecule has 1 aromatic heterocycles. The van der Waals surface area contributed by atoms with Crippen molar-refractivity contribution >= 4 is 22.8 Å². The maximum atomic E-state index is 13.8. The SMILES string of the molecule is CCO[C@H](C(=O)N1C(=O)OC[C@@H]1Cc1ccccc1)[C@H](O)c1ccc(OCCc2nc(C(C)(C)C)oc2C)c2ccccc12. The van der Waals surface area contributed by atoms with Crippen molar-refractivity contribution in [3.63, 3.8) is 0 Å². The first-order valence-electron chi connectivity index (χ1n) is 15.0. The molecule has 3 aromatic carbocycles. The lowest BCUT2D eigenvalue weighted by atomic mass is 9.95. The van der Waals surface area contributed by atoms with Gasteiger partial charge in [-0.05, 0) is 42.8 Å². The number of hydrogen-bond donors (Lipinski definition) is 1. The number of carbonyl (C=O) groups is 2. The maximum absolute atomic E-state index is 13.8. The summed E-state index contributed by atoms with van der Waals surface area (Å²) in [5, 5.41) is 13.1. The van der Waals surface area contributed by atoms with E-state index in [1.165, 1.54) is 0 Å². The highest BCUT2D eigenvalue weighted by Crippen LogP contribution is 2.35. The minimum absolute atomic E-state index is 0.0781. The van der Waals surface area contributed by atoms with Crippen molar-refractivity contribution in [2.75, 3.05) is 19.8 Å². The van der Waals surface area contributed by atoms with E-state index in [1.807, 2.05) is 61.5 Å². The molecule has 0 unspecified atom stereocenters. The molecule has 3 atom stereocenters. The zero-order valence-electron chi connectivity index (χ0n) is 25.9. The molecule has 0 spiro atoms. The Hall–Kier alpha value is -4.21. The van der Waals surface area contributed by atoms with Crippen LogP contribution >= 0.6 is 0 Å². The average molecular weight is 601 g/mol. The molecule has 1 saturated heterocycles. The molecule has 9 heteroatoms. The number of benzene rings is 3. The van der Waals surface area contributed by atoms with E-state index in [-0.39, 0.29) is 18.6 Å². The second kappa shape index (κ2) is 13.2. The summed E-state index contributed by atoms with van der Waals surface area (Å²) in [4.78, 5) is 32.3. The third kappa shape index (κ3) is 6.64. The lowest BCUT2D eigenvalue weighted by molar-refractivity contribution is -0.149. The van der Waals surface area contributed by atoms with Crippen LogP contribution in [0.2, 0.25) is 0 Å². The number of nitrogens with zero attached hydrogens (tertiary/aromatic N) is 2. The summed E-state index contributed by atoms with van der Waals surface area (Å²) in [7, 11) is 0. The van der Waals surface area contributed by atoms with Crippen molar-refractivity contribution in [2.24, 2.45) is 0 Å². The van der Waals surface area contributed by atoms with E-state index in [4.69, 9.17) is 18.6 Å². The summed E-state index contributed by atoms with van der Waals surface area (Å²) < 4.78 is 23.1. The Balaban J connectivity index is 1.36. The highest BCUT2D eigenvalue weighted by molar-refractivity contribution is 5.97. The van der Waals surface area contributed by atoms with Gasteiger partial charge >= 0.3 is 6.09 Å². The smallest absolute Gasteiger partial charge is 0.417 e. The number of aliphatic hydroxyl groups is 1. The first-order valence-corrected chi connectivity index (χ1v) is 15.0. The van der Waals surface area contributed by atoms with E-state index in [2.05, 4.69) is 25.8 Å². The predicted molar refractivity (Wildman–Crippen MR) is 166 cm³/mol. The van der Waals surface area contributed by atoms with Gasteiger partial charge in [-0.1, -0.05) is 81.4 Å². The van der Waals surface area contributed by atoms with E-state index >= 15 is 0 Å². The summed E-state index contributed by atoms with van der Waals surface area (Å²) in [6.45, 7) is 10.4. The monoisotopic (exact) mass is 600 g/mol. The number of oxazole rings is 1. The van der Waals surface area contributed by atoms with E-state index in [0.29, 0.717) is 42.0 Å². The number of imide groups is 1. The normalized spacial score (nSPS) is 16.6. The molecule has 9 nitrogen and oxygen atoms in total. The van der Waals surface area contributed by atoms with Crippen LogP contribution in [0.25, 0.3) is 10.8 Å². The van der Waals surface area contributed by atoms with Crippen LogP contribution in [-0.2, 0) is 32.5 Å². The molecule has 1 aliphatic heterocycles. The number of amides is 2.